The van der Waals surface area contributed by atoms with Crippen molar-refractivity contribution in [1.29, 1.82) is 0 Å². The summed E-state index contributed by atoms with van der Waals surface area (Å²) in [5.74, 6) is 0.457. The van der Waals surface area contributed by atoms with Crippen LogP contribution in [0.15, 0.2) is 84.9 Å². The van der Waals surface area contributed by atoms with Crippen molar-refractivity contribution in [2.24, 2.45) is 5.92 Å². The Balaban J connectivity index is 1.40. The van der Waals surface area contributed by atoms with E-state index in [4.69, 9.17) is 16.7 Å². The number of carbonyl (C=O) groups is 1. The van der Waals surface area contributed by atoms with Crippen molar-refractivity contribution in [2.75, 3.05) is 13.1 Å². The van der Waals surface area contributed by atoms with Gasteiger partial charge in [0.2, 0.25) is 0 Å². The van der Waals surface area contributed by atoms with Crippen LogP contribution < -0.4 is 0 Å². The molecule has 8 heteroatoms. The molecule has 7 nitrogen and oxygen atoms in total. The molecule has 0 saturated carbocycles. The van der Waals surface area contributed by atoms with Crippen LogP contribution in [0.4, 0.5) is 5.69 Å². The molecule has 182 valence electrons. The van der Waals surface area contributed by atoms with Gasteiger partial charge in [-0.15, -0.1) is 0 Å². The third-order valence-corrected chi connectivity index (χ3v) is 6.86. The van der Waals surface area contributed by atoms with Gasteiger partial charge in [-0.3, -0.25) is 14.9 Å². The first-order chi connectivity index (χ1) is 17.5. The van der Waals surface area contributed by atoms with E-state index in [0.717, 1.165) is 19.3 Å². The van der Waals surface area contributed by atoms with Crippen molar-refractivity contribution in [1.82, 2.24) is 14.7 Å². The van der Waals surface area contributed by atoms with Gasteiger partial charge in [-0.25, -0.2) is 4.68 Å². The van der Waals surface area contributed by atoms with Crippen LogP contribution in [0.1, 0.15) is 28.9 Å². The molecular formula is C28H25ClN4O3. The summed E-state index contributed by atoms with van der Waals surface area (Å²) in [6, 6.07) is 25.6. The van der Waals surface area contributed by atoms with Gasteiger partial charge in [0, 0.05) is 35.8 Å². The van der Waals surface area contributed by atoms with Crippen LogP contribution in [0.2, 0.25) is 5.02 Å². The monoisotopic (exact) mass is 500 g/mol. The van der Waals surface area contributed by atoms with Crippen molar-refractivity contribution in [3.8, 4) is 16.9 Å². The lowest BCUT2D eigenvalue weighted by Crippen LogP contribution is -2.39. The van der Waals surface area contributed by atoms with E-state index in [9.17, 15) is 14.9 Å². The molecule has 36 heavy (non-hydrogen) atoms. The zero-order valence-electron chi connectivity index (χ0n) is 19.6. The molecule has 4 aromatic rings. The highest BCUT2D eigenvalue weighted by atomic mass is 35.5. The smallest absolute Gasteiger partial charge is 0.272 e. The minimum absolute atomic E-state index is 0.00250. The van der Waals surface area contributed by atoms with Crippen molar-refractivity contribution in [2.45, 2.75) is 19.3 Å². The molecule has 0 N–H and O–H groups in total. The topological polar surface area (TPSA) is 81.3 Å². The van der Waals surface area contributed by atoms with Crippen LogP contribution in [-0.4, -0.2) is 38.6 Å². The van der Waals surface area contributed by atoms with Gasteiger partial charge in [0.1, 0.15) is 5.69 Å². The van der Waals surface area contributed by atoms with Crippen LogP contribution in [0.5, 0.6) is 0 Å². The lowest BCUT2D eigenvalue weighted by Gasteiger charge is -2.32. The Morgan fingerprint density at radius 3 is 2.36 bits per heavy atom. The number of hydrogen-bond donors (Lipinski definition) is 0. The number of rotatable bonds is 6. The van der Waals surface area contributed by atoms with E-state index >= 15 is 0 Å². The molecule has 0 spiro atoms. The highest BCUT2D eigenvalue weighted by molar-refractivity contribution is 6.30. The van der Waals surface area contributed by atoms with Crippen LogP contribution in [0.25, 0.3) is 16.9 Å². The predicted octanol–water partition coefficient (Wildman–Crippen LogP) is 6.20. The minimum atomic E-state index is -0.440. The van der Waals surface area contributed by atoms with Crippen molar-refractivity contribution in [3.05, 3.63) is 111 Å². The minimum Gasteiger partial charge on any atom is -0.337 e. The van der Waals surface area contributed by atoms with E-state index in [-0.39, 0.29) is 11.6 Å². The fourth-order valence-electron chi connectivity index (χ4n) is 4.68. The van der Waals surface area contributed by atoms with Gasteiger partial charge in [0.25, 0.3) is 11.6 Å². The Hall–Kier alpha value is -3.97. The second kappa shape index (κ2) is 10.3. The summed E-state index contributed by atoms with van der Waals surface area (Å²) in [5.41, 5.74) is 3.70. The lowest BCUT2D eigenvalue weighted by molar-refractivity contribution is -0.384. The van der Waals surface area contributed by atoms with Crippen LogP contribution in [-0.2, 0) is 6.42 Å². The van der Waals surface area contributed by atoms with E-state index in [0.29, 0.717) is 46.7 Å². The molecule has 0 unspecified atom stereocenters. The number of nitro benzene ring substituents is 1. The van der Waals surface area contributed by atoms with Gasteiger partial charge < -0.3 is 4.90 Å². The van der Waals surface area contributed by atoms with Gasteiger partial charge in [0.15, 0.2) is 0 Å². The molecule has 0 atom stereocenters. The molecule has 1 aliphatic rings. The van der Waals surface area contributed by atoms with Gasteiger partial charge in [-0.05, 0) is 67.1 Å². The van der Waals surface area contributed by atoms with E-state index < -0.39 is 4.92 Å². The maximum absolute atomic E-state index is 13.7. The third-order valence-electron chi connectivity index (χ3n) is 6.62. The summed E-state index contributed by atoms with van der Waals surface area (Å²) < 4.78 is 1.61. The summed E-state index contributed by atoms with van der Waals surface area (Å²) >= 11 is 6.23. The highest BCUT2D eigenvalue weighted by Gasteiger charge is 2.27. The molecule has 0 radical (unpaired) electrons. The summed E-state index contributed by atoms with van der Waals surface area (Å²) in [6.07, 6.45) is 2.91. The molecule has 2 heterocycles. The Bertz CT molecular complexity index is 1380. The number of likely N-dealkylation sites (tertiary alicyclic amines) is 1. The Morgan fingerprint density at radius 2 is 1.69 bits per heavy atom. The number of piperidine rings is 1. The largest absolute Gasteiger partial charge is 0.337 e. The average molecular weight is 501 g/mol. The van der Waals surface area contributed by atoms with Crippen molar-refractivity contribution >= 4 is 23.2 Å². The van der Waals surface area contributed by atoms with E-state index in [1.54, 1.807) is 35.0 Å². The fraction of sp³-hybridized carbons (Fsp3) is 0.214. The van der Waals surface area contributed by atoms with E-state index in [2.05, 4.69) is 24.3 Å². The number of nitrogens with zero attached hydrogens (tertiary/aromatic N) is 4. The summed E-state index contributed by atoms with van der Waals surface area (Å²) in [5, 5.41) is 16.3. The number of amides is 1. The summed E-state index contributed by atoms with van der Waals surface area (Å²) in [7, 11) is 0. The van der Waals surface area contributed by atoms with Gasteiger partial charge >= 0.3 is 0 Å². The Labute approximate surface area is 214 Å². The van der Waals surface area contributed by atoms with E-state index in [1.807, 2.05) is 23.1 Å². The molecule has 1 saturated heterocycles. The number of hydrogen-bond acceptors (Lipinski definition) is 4. The molecule has 1 aliphatic heterocycles. The standard InChI is InChI=1S/C28H25ClN4O3/c29-23-7-4-8-25(18-23)32-27(19-26(30-32)22-9-11-24(12-10-22)33(35)36)28(34)31-15-13-21(14-16-31)17-20-5-2-1-3-6-20/h1-12,18-19,21H,13-17H2. The SMILES string of the molecule is O=C(c1cc(-c2ccc([N+](=O)[O-])cc2)nn1-c1cccc(Cl)c1)N1CCC(Cc2ccccc2)CC1. The zero-order valence-corrected chi connectivity index (χ0v) is 20.3. The first kappa shape index (κ1) is 23.8. The number of carbonyl (C=O) groups excluding carboxylic acids is 1. The first-order valence-corrected chi connectivity index (χ1v) is 12.3. The first-order valence-electron chi connectivity index (χ1n) is 11.9. The number of benzene rings is 3. The second-order valence-corrected chi connectivity index (χ2v) is 9.47. The van der Waals surface area contributed by atoms with E-state index in [1.165, 1.54) is 17.7 Å². The van der Waals surface area contributed by atoms with Gasteiger partial charge in [-0.2, -0.15) is 5.10 Å². The number of non-ortho nitro benzene ring substituents is 1. The Kier molecular flexibility index (Phi) is 6.82. The predicted molar refractivity (Wildman–Crippen MR) is 139 cm³/mol. The highest BCUT2D eigenvalue weighted by Crippen LogP contribution is 2.28. The van der Waals surface area contributed by atoms with Crippen molar-refractivity contribution < 1.29 is 9.72 Å². The fourth-order valence-corrected chi connectivity index (χ4v) is 4.87. The molecule has 1 fully saturated rings. The van der Waals surface area contributed by atoms with Crippen LogP contribution in [0.3, 0.4) is 0 Å². The van der Waals surface area contributed by atoms with Gasteiger partial charge in [0.05, 0.1) is 16.3 Å². The number of halogens is 1. The summed E-state index contributed by atoms with van der Waals surface area (Å²) in [4.78, 5) is 26.2. The quantitative estimate of drug-likeness (QED) is 0.233. The normalized spacial score (nSPS) is 14.1. The molecule has 1 aromatic heterocycles. The van der Waals surface area contributed by atoms with Crippen LogP contribution in [0, 0.1) is 16.0 Å². The number of nitro groups is 1. The third kappa shape index (κ3) is 5.16. The molecule has 3 aromatic carbocycles. The maximum atomic E-state index is 13.7. The zero-order chi connectivity index (χ0) is 25.1. The molecular weight excluding hydrogens is 476 g/mol. The molecule has 5 rings (SSSR count). The average Bonchev–Trinajstić information content (AvgIpc) is 3.35. The molecule has 0 bridgehead atoms. The Morgan fingerprint density at radius 1 is 0.972 bits per heavy atom. The summed E-state index contributed by atoms with van der Waals surface area (Å²) in [6.45, 7) is 1.37. The maximum Gasteiger partial charge on any atom is 0.272 e. The van der Waals surface area contributed by atoms with Crippen LogP contribution >= 0.6 is 11.6 Å². The molecule has 0 aliphatic carbocycles. The second-order valence-electron chi connectivity index (χ2n) is 9.04. The number of aromatic nitrogens is 2. The molecule has 1 amide bonds. The van der Waals surface area contributed by atoms with Crippen molar-refractivity contribution in [3.63, 3.8) is 0 Å². The van der Waals surface area contributed by atoms with Gasteiger partial charge in [-0.1, -0.05) is 48.0 Å². The lowest BCUT2D eigenvalue weighted by atomic mass is 9.90.